The van der Waals surface area contributed by atoms with Gasteiger partial charge >= 0.3 is 0 Å². The summed E-state index contributed by atoms with van der Waals surface area (Å²) in [4.78, 5) is 22.6. The summed E-state index contributed by atoms with van der Waals surface area (Å²) in [5.74, 6) is -1.36. The fourth-order valence-electron chi connectivity index (χ4n) is 1.45. The Balaban J connectivity index is 2.58. The second kappa shape index (κ2) is 3.31. The molecular weight excluding hydrogens is 232 g/mol. The maximum atomic E-state index is 11.4. The molecule has 1 radical (unpaired) electrons. The smallest absolute Gasteiger partial charge is 0.283 e. The lowest BCUT2D eigenvalue weighted by Crippen LogP contribution is -2.14. The van der Waals surface area contributed by atoms with Gasteiger partial charge in [-0.25, -0.2) is 8.42 Å². The van der Waals surface area contributed by atoms with Gasteiger partial charge in [-0.2, -0.15) is 5.32 Å². The summed E-state index contributed by atoms with van der Waals surface area (Å²) in [7, 11) is -3.49. The van der Waals surface area contributed by atoms with Gasteiger partial charge in [0.05, 0.1) is 23.1 Å². The molecule has 0 saturated heterocycles. The average molecular weight is 239 g/mol. The van der Waals surface area contributed by atoms with Crippen LogP contribution in [0.15, 0.2) is 18.2 Å². The molecule has 1 aromatic carbocycles. The Morgan fingerprint density at radius 3 is 2.50 bits per heavy atom. The summed E-state index contributed by atoms with van der Waals surface area (Å²) < 4.78 is 24.3. The average Bonchev–Trinajstić information content (AvgIpc) is 2.41. The van der Waals surface area contributed by atoms with E-state index in [1.807, 2.05) is 0 Å². The van der Waals surface area contributed by atoms with Crippen molar-refractivity contribution in [1.29, 1.82) is 0 Å². The summed E-state index contributed by atoms with van der Waals surface area (Å²) in [6.45, 7) is 0. The van der Waals surface area contributed by atoms with E-state index in [9.17, 15) is 18.0 Å². The molecule has 1 aliphatic heterocycles. The lowest BCUT2D eigenvalue weighted by molar-refractivity contribution is 0.0873. The van der Waals surface area contributed by atoms with Gasteiger partial charge in [0.1, 0.15) is 0 Å². The predicted molar refractivity (Wildman–Crippen MR) is 55.7 cm³/mol. The second-order valence-electron chi connectivity index (χ2n) is 3.32. The van der Waals surface area contributed by atoms with E-state index in [1.54, 1.807) is 0 Å². The minimum atomic E-state index is -3.49. The van der Waals surface area contributed by atoms with Crippen LogP contribution in [0.4, 0.5) is 5.69 Å². The molecule has 0 aliphatic carbocycles. The van der Waals surface area contributed by atoms with Gasteiger partial charge in [0.15, 0.2) is 0 Å². The quantitative estimate of drug-likeness (QED) is 0.732. The number of nitrogens with zero attached hydrogens (tertiary/aromatic N) is 1. The maximum absolute atomic E-state index is 11.4. The van der Waals surface area contributed by atoms with E-state index in [0.29, 0.717) is 0 Å². The number of hydrogen-bond acceptors (Lipinski definition) is 4. The van der Waals surface area contributed by atoms with Crippen LogP contribution in [0.5, 0.6) is 0 Å². The number of carbonyl (C=O) groups is 2. The third-order valence-electron chi connectivity index (χ3n) is 2.01. The molecule has 1 aliphatic rings. The van der Waals surface area contributed by atoms with Crippen molar-refractivity contribution in [2.45, 2.75) is 0 Å². The van der Waals surface area contributed by atoms with Gasteiger partial charge in [-0.3, -0.25) is 14.3 Å². The minimum absolute atomic E-state index is 0.0120. The monoisotopic (exact) mass is 239 g/mol. The van der Waals surface area contributed by atoms with Gasteiger partial charge in [0, 0.05) is 0 Å². The van der Waals surface area contributed by atoms with E-state index in [4.69, 9.17) is 0 Å². The predicted octanol–water partition coefficient (Wildman–Crippen LogP) is -0.0435. The third kappa shape index (κ3) is 1.76. The fraction of sp³-hybridized carbons (Fsp3) is 0.111. The van der Waals surface area contributed by atoms with Crippen LogP contribution in [0.2, 0.25) is 0 Å². The number of amides is 2. The summed E-state index contributed by atoms with van der Waals surface area (Å²) in [5, 5.41) is 3.23. The Hall–Kier alpha value is -1.89. The van der Waals surface area contributed by atoms with Crippen LogP contribution in [0.1, 0.15) is 20.7 Å². The molecule has 0 saturated carbocycles. The zero-order valence-electron chi connectivity index (χ0n) is 8.22. The zero-order chi connectivity index (χ0) is 11.9. The molecule has 16 heavy (non-hydrogen) atoms. The number of benzene rings is 1. The summed E-state index contributed by atoms with van der Waals surface area (Å²) in [6, 6.07) is 4.32. The lowest BCUT2D eigenvalue weighted by atomic mass is 10.1. The minimum Gasteiger partial charge on any atom is -0.283 e. The highest BCUT2D eigenvalue weighted by Crippen LogP contribution is 2.25. The second-order valence-corrected chi connectivity index (χ2v) is 5.07. The van der Waals surface area contributed by atoms with Crippen LogP contribution in [0.3, 0.4) is 0 Å². The Bertz CT molecular complexity index is 592. The van der Waals surface area contributed by atoms with Crippen molar-refractivity contribution in [2.24, 2.45) is 0 Å². The number of sulfonamides is 1. The number of fused-ring (bicyclic) bond motifs is 1. The first kappa shape index (κ1) is 10.6. The lowest BCUT2D eigenvalue weighted by Gasteiger charge is -2.06. The van der Waals surface area contributed by atoms with Crippen LogP contribution < -0.4 is 10.0 Å². The highest BCUT2D eigenvalue weighted by molar-refractivity contribution is 7.92. The molecule has 6 nitrogen and oxygen atoms in total. The van der Waals surface area contributed by atoms with E-state index in [1.165, 1.54) is 18.2 Å². The molecule has 0 bridgehead atoms. The molecule has 2 rings (SSSR count). The molecule has 1 aromatic rings. The SMILES string of the molecule is CS(=O)(=O)Nc1cccc2c1C(=O)[N]C2=O. The Labute approximate surface area is 91.7 Å². The van der Waals surface area contributed by atoms with Crippen LogP contribution >= 0.6 is 0 Å². The first-order valence-electron chi connectivity index (χ1n) is 4.30. The molecule has 0 aromatic heterocycles. The van der Waals surface area contributed by atoms with Crippen molar-refractivity contribution in [2.75, 3.05) is 11.0 Å². The highest BCUT2D eigenvalue weighted by atomic mass is 32.2. The van der Waals surface area contributed by atoms with E-state index in [0.717, 1.165) is 6.26 Å². The molecule has 7 heteroatoms. The first-order valence-corrected chi connectivity index (χ1v) is 6.19. The Morgan fingerprint density at radius 2 is 1.88 bits per heavy atom. The van der Waals surface area contributed by atoms with Gasteiger partial charge < -0.3 is 0 Å². The number of nitrogens with one attached hydrogen (secondary N) is 1. The fourth-order valence-corrected chi connectivity index (χ4v) is 2.02. The molecule has 1 N–H and O–H groups in total. The Kier molecular flexibility index (Phi) is 2.20. The zero-order valence-corrected chi connectivity index (χ0v) is 9.04. The van der Waals surface area contributed by atoms with Crippen LogP contribution in [-0.4, -0.2) is 26.5 Å². The van der Waals surface area contributed by atoms with E-state index in [-0.39, 0.29) is 16.8 Å². The number of rotatable bonds is 2. The van der Waals surface area contributed by atoms with Crippen molar-refractivity contribution in [3.8, 4) is 0 Å². The maximum Gasteiger partial charge on any atom is 0.283 e. The number of anilines is 1. The molecule has 0 unspecified atom stereocenters. The van der Waals surface area contributed by atoms with E-state index in [2.05, 4.69) is 10.0 Å². The van der Waals surface area contributed by atoms with Crippen molar-refractivity contribution in [3.05, 3.63) is 29.3 Å². The third-order valence-corrected chi connectivity index (χ3v) is 2.60. The summed E-state index contributed by atoms with van der Waals surface area (Å²) in [5.41, 5.74) is 0.219. The molecule has 2 amide bonds. The van der Waals surface area contributed by atoms with Crippen molar-refractivity contribution < 1.29 is 18.0 Å². The molecule has 0 fully saturated rings. The highest BCUT2D eigenvalue weighted by Gasteiger charge is 2.31. The summed E-state index contributed by atoms with van der Waals surface area (Å²) >= 11 is 0. The molecule has 1 heterocycles. The van der Waals surface area contributed by atoms with Crippen LogP contribution in [-0.2, 0) is 10.0 Å². The van der Waals surface area contributed by atoms with E-state index >= 15 is 0 Å². The van der Waals surface area contributed by atoms with Crippen LogP contribution in [0.25, 0.3) is 0 Å². The normalized spacial score (nSPS) is 14.6. The molecular formula is C9H7N2O4S. The summed E-state index contributed by atoms with van der Waals surface area (Å²) in [6.07, 6.45) is 0.963. The Morgan fingerprint density at radius 1 is 1.19 bits per heavy atom. The van der Waals surface area contributed by atoms with Crippen molar-refractivity contribution >= 4 is 27.5 Å². The van der Waals surface area contributed by atoms with Gasteiger partial charge in [0.2, 0.25) is 10.0 Å². The van der Waals surface area contributed by atoms with E-state index < -0.39 is 21.8 Å². The van der Waals surface area contributed by atoms with Gasteiger partial charge in [-0.1, -0.05) is 6.07 Å². The molecule has 83 valence electrons. The number of carbonyl (C=O) groups excluding carboxylic acids is 2. The number of imide groups is 1. The van der Waals surface area contributed by atoms with Crippen molar-refractivity contribution in [3.63, 3.8) is 0 Å². The largest absolute Gasteiger partial charge is 0.283 e. The van der Waals surface area contributed by atoms with Crippen molar-refractivity contribution in [1.82, 2.24) is 5.32 Å². The standard InChI is InChI=1S/C9H7N2O4S/c1-16(14,15)11-6-4-2-3-5-7(6)9(13)10-8(5)12/h2-4,11H,1H3. The topological polar surface area (TPSA) is 94.4 Å². The van der Waals surface area contributed by atoms with Gasteiger partial charge in [-0.15, -0.1) is 0 Å². The first-order chi connectivity index (χ1) is 7.38. The molecule has 0 spiro atoms. The van der Waals surface area contributed by atoms with Gasteiger partial charge in [0.25, 0.3) is 11.8 Å². The van der Waals surface area contributed by atoms with Gasteiger partial charge in [-0.05, 0) is 12.1 Å². The number of hydrogen-bond donors (Lipinski definition) is 1. The van der Waals surface area contributed by atoms with Crippen LogP contribution in [0, 0.1) is 0 Å². The molecule has 0 atom stereocenters.